The van der Waals surface area contributed by atoms with Gasteiger partial charge in [-0.25, -0.2) is 4.31 Å². The van der Waals surface area contributed by atoms with Gasteiger partial charge in [0.2, 0.25) is 11.8 Å². The van der Waals surface area contributed by atoms with Gasteiger partial charge in [0, 0.05) is 26.7 Å². The number of rotatable bonds is 12. The Bertz CT molecular complexity index is 1180. The Hall–Kier alpha value is -3.11. The van der Waals surface area contributed by atoms with E-state index in [-0.39, 0.29) is 18.5 Å². The number of nitrogens with one attached hydrogen (secondary N) is 1. The summed E-state index contributed by atoms with van der Waals surface area (Å²) in [5.74, 6) is -0.0922. The number of nitrogens with zero attached hydrogens (tertiary/aromatic N) is 3. The first-order valence-electron chi connectivity index (χ1n) is 12.3. The van der Waals surface area contributed by atoms with Crippen molar-refractivity contribution in [1.29, 1.82) is 0 Å². The third kappa shape index (κ3) is 7.69. The number of aryl methyl sites for hydroxylation is 2. The van der Waals surface area contributed by atoms with Crippen LogP contribution in [0, 0.1) is 13.8 Å². The van der Waals surface area contributed by atoms with Crippen LogP contribution in [-0.2, 0) is 26.3 Å². The largest absolute Gasteiger partial charge is 0.497 e. The fraction of sp³-hybridized carbons (Fsp3) is 0.481. The highest BCUT2D eigenvalue weighted by atomic mass is 32.2. The Labute approximate surface area is 221 Å². The van der Waals surface area contributed by atoms with E-state index in [1.54, 1.807) is 32.2 Å². The van der Waals surface area contributed by atoms with Crippen molar-refractivity contribution in [2.75, 3.05) is 32.1 Å². The van der Waals surface area contributed by atoms with E-state index >= 15 is 0 Å². The molecule has 10 heteroatoms. The summed E-state index contributed by atoms with van der Waals surface area (Å²) in [4.78, 5) is 28.5. The van der Waals surface area contributed by atoms with E-state index in [1.165, 1.54) is 19.0 Å². The molecule has 9 nitrogen and oxygen atoms in total. The monoisotopic (exact) mass is 532 g/mol. The minimum absolute atomic E-state index is 0.111. The number of ether oxygens (including phenoxy) is 1. The van der Waals surface area contributed by atoms with Gasteiger partial charge in [-0.2, -0.15) is 12.7 Å². The Morgan fingerprint density at radius 2 is 1.65 bits per heavy atom. The van der Waals surface area contributed by atoms with Crippen molar-refractivity contribution in [3.8, 4) is 5.75 Å². The molecule has 0 heterocycles. The first kappa shape index (κ1) is 30.1. The van der Waals surface area contributed by atoms with Gasteiger partial charge in [-0.15, -0.1) is 0 Å². The first-order valence-corrected chi connectivity index (χ1v) is 13.7. The molecule has 0 saturated carbocycles. The summed E-state index contributed by atoms with van der Waals surface area (Å²) in [6.07, 6.45) is 0.365. The molecule has 0 radical (unpaired) electrons. The zero-order chi connectivity index (χ0) is 27.9. The normalized spacial score (nSPS) is 12.4. The maximum absolute atomic E-state index is 13.9. The fourth-order valence-corrected chi connectivity index (χ4v) is 5.03. The molecule has 0 spiro atoms. The molecule has 2 aromatic carbocycles. The van der Waals surface area contributed by atoms with Crippen molar-refractivity contribution in [3.05, 3.63) is 59.2 Å². The van der Waals surface area contributed by atoms with Crippen molar-refractivity contribution in [2.24, 2.45) is 0 Å². The minimum atomic E-state index is -4.01. The molecule has 0 aromatic heterocycles. The van der Waals surface area contributed by atoms with Gasteiger partial charge in [0.25, 0.3) is 0 Å². The number of hydrogen-bond donors (Lipinski definition) is 1. The Kier molecular flexibility index (Phi) is 10.5. The molecule has 0 fully saturated rings. The number of methoxy groups -OCH3 is 1. The van der Waals surface area contributed by atoms with Gasteiger partial charge >= 0.3 is 10.2 Å². The summed E-state index contributed by atoms with van der Waals surface area (Å²) in [6.45, 7) is 8.89. The van der Waals surface area contributed by atoms with Gasteiger partial charge < -0.3 is 15.0 Å². The molecule has 2 aromatic rings. The molecule has 0 aliphatic heterocycles. The highest BCUT2D eigenvalue weighted by molar-refractivity contribution is 7.90. The number of carbonyl (C=O) groups is 2. The van der Waals surface area contributed by atoms with Gasteiger partial charge in [-0.1, -0.05) is 31.2 Å². The Balaban J connectivity index is 2.55. The summed E-state index contributed by atoms with van der Waals surface area (Å²) >= 11 is 0. The lowest BCUT2D eigenvalue weighted by Crippen LogP contribution is -2.54. The van der Waals surface area contributed by atoms with Crippen LogP contribution in [0.4, 0.5) is 5.69 Å². The Morgan fingerprint density at radius 1 is 1.03 bits per heavy atom. The van der Waals surface area contributed by atoms with E-state index in [9.17, 15) is 18.0 Å². The molecule has 1 N–H and O–H groups in total. The zero-order valence-electron chi connectivity index (χ0n) is 23.1. The van der Waals surface area contributed by atoms with E-state index < -0.39 is 28.7 Å². The predicted octanol–water partition coefficient (Wildman–Crippen LogP) is 3.26. The summed E-state index contributed by atoms with van der Waals surface area (Å²) in [6, 6.07) is 11.8. The lowest BCUT2D eigenvalue weighted by Gasteiger charge is -2.34. The van der Waals surface area contributed by atoms with Gasteiger partial charge in [0.15, 0.2) is 0 Å². The number of hydrogen-bond acceptors (Lipinski definition) is 5. The molecule has 2 amide bonds. The molecule has 0 saturated heterocycles. The maximum atomic E-state index is 13.9. The third-order valence-electron chi connectivity index (χ3n) is 5.98. The second-order valence-electron chi connectivity index (χ2n) is 9.54. The third-order valence-corrected chi connectivity index (χ3v) is 7.79. The fourth-order valence-electron chi connectivity index (χ4n) is 3.92. The summed E-state index contributed by atoms with van der Waals surface area (Å²) in [5.41, 5.74) is 2.80. The second kappa shape index (κ2) is 12.9. The highest BCUT2D eigenvalue weighted by Crippen LogP contribution is 2.26. The topological polar surface area (TPSA) is 99.3 Å². The number of carbonyl (C=O) groups excluding carboxylic acids is 2. The average Bonchev–Trinajstić information content (AvgIpc) is 2.83. The van der Waals surface area contributed by atoms with E-state index in [2.05, 4.69) is 5.32 Å². The average molecular weight is 533 g/mol. The molecule has 1 unspecified atom stereocenters. The standard InChI is InChI=1S/C27H40N4O5S/c1-9-24(27(33)28-19(2)3)30(17-22-12-14-23(36-8)15-13-22)26(32)18-31(37(34,35)29(6)7)25-16-20(4)10-11-21(25)5/h10-16,19,24H,9,17-18H2,1-8H3,(H,28,33). The molecule has 2 rings (SSSR count). The van der Waals surface area contributed by atoms with Gasteiger partial charge in [-0.3, -0.25) is 9.59 Å². The molecule has 204 valence electrons. The number of benzene rings is 2. The van der Waals surface area contributed by atoms with Crippen molar-refractivity contribution >= 4 is 27.7 Å². The summed E-state index contributed by atoms with van der Waals surface area (Å²) in [5, 5.41) is 2.89. The van der Waals surface area contributed by atoms with Crippen LogP contribution in [-0.4, -0.2) is 69.3 Å². The van der Waals surface area contributed by atoms with Gasteiger partial charge in [0.05, 0.1) is 12.8 Å². The van der Waals surface area contributed by atoms with Crippen LogP contribution in [0.1, 0.15) is 43.9 Å². The molecule has 0 aliphatic carbocycles. The predicted molar refractivity (Wildman–Crippen MR) is 147 cm³/mol. The van der Waals surface area contributed by atoms with Crippen molar-refractivity contribution in [3.63, 3.8) is 0 Å². The van der Waals surface area contributed by atoms with Crippen LogP contribution in [0.2, 0.25) is 0 Å². The first-order chi connectivity index (χ1) is 17.3. The number of anilines is 1. The smallest absolute Gasteiger partial charge is 0.304 e. The van der Waals surface area contributed by atoms with Gasteiger partial charge in [0.1, 0.15) is 18.3 Å². The van der Waals surface area contributed by atoms with Crippen LogP contribution >= 0.6 is 0 Å². The SMILES string of the molecule is CCC(C(=O)NC(C)C)N(Cc1ccc(OC)cc1)C(=O)CN(c1cc(C)ccc1C)S(=O)(=O)N(C)C. The van der Waals surface area contributed by atoms with Crippen LogP contribution in [0.5, 0.6) is 5.75 Å². The van der Waals surface area contributed by atoms with Gasteiger partial charge in [-0.05, 0) is 69.0 Å². The lowest BCUT2D eigenvalue weighted by atomic mass is 10.1. The Morgan fingerprint density at radius 3 is 2.16 bits per heavy atom. The van der Waals surface area contributed by atoms with Crippen molar-refractivity contribution in [1.82, 2.24) is 14.5 Å². The molecular formula is C27H40N4O5S. The minimum Gasteiger partial charge on any atom is -0.497 e. The van der Waals surface area contributed by atoms with Crippen LogP contribution in [0.25, 0.3) is 0 Å². The summed E-state index contributed by atoms with van der Waals surface area (Å²) in [7, 11) is 0.416. The second-order valence-corrected chi connectivity index (χ2v) is 11.6. The molecular weight excluding hydrogens is 492 g/mol. The van der Waals surface area contributed by atoms with Crippen LogP contribution in [0.3, 0.4) is 0 Å². The quantitative estimate of drug-likeness (QED) is 0.452. The van der Waals surface area contributed by atoms with Crippen LogP contribution in [0.15, 0.2) is 42.5 Å². The highest BCUT2D eigenvalue weighted by Gasteiger charge is 2.34. The van der Waals surface area contributed by atoms with E-state index in [4.69, 9.17) is 4.74 Å². The summed E-state index contributed by atoms with van der Waals surface area (Å²) < 4.78 is 34.2. The molecule has 0 bridgehead atoms. The lowest BCUT2D eigenvalue weighted by molar-refractivity contribution is -0.140. The van der Waals surface area contributed by atoms with E-state index in [1.807, 2.05) is 52.0 Å². The molecule has 37 heavy (non-hydrogen) atoms. The van der Waals surface area contributed by atoms with Crippen molar-refractivity contribution in [2.45, 2.75) is 59.7 Å². The van der Waals surface area contributed by atoms with E-state index in [0.29, 0.717) is 17.9 Å². The molecule has 1 atom stereocenters. The maximum Gasteiger partial charge on any atom is 0.304 e. The van der Waals surface area contributed by atoms with E-state index in [0.717, 1.165) is 25.3 Å². The number of amides is 2. The van der Waals surface area contributed by atoms with Crippen LogP contribution < -0.4 is 14.4 Å². The zero-order valence-corrected chi connectivity index (χ0v) is 23.9. The molecule has 0 aliphatic rings. The van der Waals surface area contributed by atoms with Crippen molar-refractivity contribution < 1.29 is 22.7 Å².